The first-order valence-electron chi connectivity index (χ1n) is 10.6. The maximum atomic E-state index is 13.4. The summed E-state index contributed by atoms with van der Waals surface area (Å²) in [4.78, 5) is 27.7. The van der Waals surface area contributed by atoms with Crippen molar-refractivity contribution in [2.24, 2.45) is 0 Å². The summed E-state index contributed by atoms with van der Waals surface area (Å²) in [5, 5.41) is 2.89. The summed E-state index contributed by atoms with van der Waals surface area (Å²) in [7, 11) is -2.26. The highest BCUT2D eigenvalue weighted by Gasteiger charge is 2.31. The number of hydrogen-bond donors (Lipinski definition) is 1. The van der Waals surface area contributed by atoms with Crippen molar-refractivity contribution in [1.82, 2.24) is 10.2 Å². The number of rotatable bonds is 9. The molecule has 2 aromatic carbocycles. The number of nitrogens with zero attached hydrogens (tertiary/aromatic N) is 2. The molecule has 0 heterocycles. The Balaban J connectivity index is 2.36. The zero-order valence-electron chi connectivity index (χ0n) is 20.0. The number of carbonyl (C=O) groups is 2. The molecule has 0 spiro atoms. The van der Waals surface area contributed by atoms with E-state index in [4.69, 9.17) is 4.74 Å². The molecule has 0 fully saturated rings. The largest absolute Gasteiger partial charge is 0.497 e. The van der Waals surface area contributed by atoms with E-state index in [-0.39, 0.29) is 12.5 Å². The summed E-state index contributed by atoms with van der Waals surface area (Å²) >= 11 is 0. The van der Waals surface area contributed by atoms with Gasteiger partial charge in [0.1, 0.15) is 18.3 Å². The van der Waals surface area contributed by atoms with E-state index in [9.17, 15) is 18.0 Å². The van der Waals surface area contributed by atoms with Crippen LogP contribution >= 0.6 is 0 Å². The van der Waals surface area contributed by atoms with Gasteiger partial charge in [-0.2, -0.15) is 0 Å². The summed E-state index contributed by atoms with van der Waals surface area (Å²) < 4.78 is 31.2. The lowest BCUT2D eigenvalue weighted by atomic mass is 10.1. The van der Waals surface area contributed by atoms with E-state index in [2.05, 4.69) is 5.32 Å². The standard InChI is InChI=1S/C24H33N3O5S/c1-18(23(29)25-24(2,3)4)26(16-19-10-8-7-9-11-19)22(28)17-27(33(6,30)31)20-12-14-21(32-5)15-13-20/h7-15,18H,16-17H2,1-6H3,(H,25,29). The van der Waals surface area contributed by atoms with Crippen molar-refractivity contribution in [2.45, 2.75) is 45.8 Å². The third-order valence-corrected chi connectivity index (χ3v) is 6.04. The second-order valence-corrected chi connectivity index (χ2v) is 10.8. The molecule has 0 bridgehead atoms. The van der Waals surface area contributed by atoms with Crippen LogP contribution in [0.2, 0.25) is 0 Å². The number of nitrogens with one attached hydrogen (secondary N) is 1. The van der Waals surface area contributed by atoms with E-state index in [0.717, 1.165) is 16.1 Å². The molecule has 9 heteroatoms. The first-order valence-corrected chi connectivity index (χ1v) is 12.4. The Bertz CT molecular complexity index is 1050. The zero-order chi connectivity index (χ0) is 24.8. The Morgan fingerprint density at radius 3 is 2.09 bits per heavy atom. The summed E-state index contributed by atoms with van der Waals surface area (Å²) in [5.41, 5.74) is 0.684. The van der Waals surface area contributed by atoms with E-state index >= 15 is 0 Å². The number of anilines is 1. The fraction of sp³-hybridized carbons (Fsp3) is 0.417. The van der Waals surface area contributed by atoms with E-state index in [1.807, 2.05) is 51.1 Å². The van der Waals surface area contributed by atoms with Gasteiger partial charge in [0.15, 0.2) is 0 Å². The normalized spacial score (nSPS) is 12.5. The Kier molecular flexibility index (Phi) is 8.49. The van der Waals surface area contributed by atoms with E-state index in [0.29, 0.717) is 11.4 Å². The van der Waals surface area contributed by atoms with Crippen molar-refractivity contribution in [3.8, 4) is 5.75 Å². The van der Waals surface area contributed by atoms with Crippen LogP contribution < -0.4 is 14.4 Å². The van der Waals surface area contributed by atoms with Gasteiger partial charge in [0.25, 0.3) is 0 Å². The molecule has 0 aliphatic rings. The molecule has 2 amide bonds. The van der Waals surface area contributed by atoms with Crippen LogP contribution in [0.4, 0.5) is 5.69 Å². The molecule has 0 aromatic heterocycles. The topological polar surface area (TPSA) is 96.0 Å². The van der Waals surface area contributed by atoms with E-state index in [1.165, 1.54) is 12.0 Å². The molecule has 1 N–H and O–H groups in total. The molecule has 180 valence electrons. The molecule has 2 aromatic rings. The lowest BCUT2D eigenvalue weighted by Crippen LogP contribution is -2.54. The fourth-order valence-corrected chi connectivity index (χ4v) is 4.05. The van der Waals surface area contributed by atoms with Gasteiger partial charge >= 0.3 is 0 Å². The minimum atomic E-state index is -3.77. The number of amides is 2. The van der Waals surface area contributed by atoms with Crippen LogP contribution in [0.1, 0.15) is 33.3 Å². The van der Waals surface area contributed by atoms with Crippen LogP contribution in [0.5, 0.6) is 5.75 Å². The van der Waals surface area contributed by atoms with Crippen molar-refractivity contribution in [3.63, 3.8) is 0 Å². The van der Waals surface area contributed by atoms with Crippen LogP contribution in [-0.2, 0) is 26.2 Å². The number of methoxy groups -OCH3 is 1. The first kappa shape index (κ1) is 26.2. The molecule has 8 nitrogen and oxygen atoms in total. The lowest BCUT2D eigenvalue weighted by Gasteiger charge is -2.33. The van der Waals surface area contributed by atoms with Gasteiger partial charge in [-0.3, -0.25) is 13.9 Å². The van der Waals surface area contributed by atoms with Crippen molar-refractivity contribution in [1.29, 1.82) is 0 Å². The van der Waals surface area contributed by atoms with Gasteiger partial charge in [-0.15, -0.1) is 0 Å². The molecule has 33 heavy (non-hydrogen) atoms. The summed E-state index contributed by atoms with van der Waals surface area (Å²) in [6.07, 6.45) is 1.04. The highest BCUT2D eigenvalue weighted by molar-refractivity contribution is 7.92. The molecule has 0 saturated carbocycles. The molecule has 0 saturated heterocycles. The molecule has 0 aliphatic carbocycles. The number of ether oxygens (including phenoxy) is 1. The second-order valence-electron chi connectivity index (χ2n) is 8.89. The molecular formula is C24H33N3O5S. The van der Waals surface area contributed by atoms with Crippen LogP contribution in [-0.4, -0.2) is 56.6 Å². The lowest BCUT2D eigenvalue weighted by molar-refractivity contribution is -0.140. The number of benzene rings is 2. The smallest absolute Gasteiger partial charge is 0.244 e. The third kappa shape index (κ3) is 7.78. The summed E-state index contributed by atoms with van der Waals surface area (Å²) in [6, 6.07) is 14.8. The zero-order valence-corrected chi connectivity index (χ0v) is 20.8. The highest BCUT2D eigenvalue weighted by atomic mass is 32.2. The Labute approximate surface area is 196 Å². The van der Waals surface area contributed by atoms with Gasteiger partial charge in [0, 0.05) is 12.1 Å². The third-order valence-electron chi connectivity index (χ3n) is 4.90. The quantitative estimate of drug-likeness (QED) is 0.602. The molecule has 2 rings (SSSR count). The van der Waals surface area contributed by atoms with Crippen molar-refractivity contribution >= 4 is 27.5 Å². The summed E-state index contributed by atoms with van der Waals surface area (Å²) in [5.74, 6) is -0.240. The minimum Gasteiger partial charge on any atom is -0.497 e. The predicted octanol–water partition coefficient (Wildman–Crippen LogP) is 2.79. The van der Waals surface area contributed by atoms with Crippen LogP contribution in [0, 0.1) is 0 Å². The van der Waals surface area contributed by atoms with Crippen LogP contribution in [0.3, 0.4) is 0 Å². The minimum absolute atomic E-state index is 0.165. The van der Waals surface area contributed by atoms with Crippen LogP contribution in [0.15, 0.2) is 54.6 Å². The Morgan fingerprint density at radius 1 is 1.03 bits per heavy atom. The molecular weight excluding hydrogens is 442 g/mol. The van der Waals surface area contributed by atoms with E-state index in [1.54, 1.807) is 31.2 Å². The van der Waals surface area contributed by atoms with Gasteiger partial charge in [-0.05, 0) is 57.5 Å². The maximum absolute atomic E-state index is 13.4. The Hall–Kier alpha value is -3.07. The fourth-order valence-electron chi connectivity index (χ4n) is 3.20. The molecule has 0 aliphatic heterocycles. The molecule has 0 radical (unpaired) electrons. The van der Waals surface area contributed by atoms with Gasteiger partial charge in [0.2, 0.25) is 21.8 Å². The average Bonchev–Trinajstić information content (AvgIpc) is 2.74. The van der Waals surface area contributed by atoms with E-state index < -0.39 is 34.1 Å². The molecule has 1 unspecified atom stereocenters. The van der Waals surface area contributed by atoms with Gasteiger partial charge < -0.3 is 15.0 Å². The summed E-state index contributed by atoms with van der Waals surface area (Å²) in [6.45, 7) is 6.94. The highest BCUT2D eigenvalue weighted by Crippen LogP contribution is 2.22. The van der Waals surface area contributed by atoms with Gasteiger partial charge in [-0.25, -0.2) is 8.42 Å². The van der Waals surface area contributed by atoms with Crippen molar-refractivity contribution in [3.05, 3.63) is 60.2 Å². The van der Waals surface area contributed by atoms with Crippen molar-refractivity contribution in [2.75, 3.05) is 24.2 Å². The Morgan fingerprint density at radius 2 is 1.61 bits per heavy atom. The maximum Gasteiger partial charge on any atom is 0.244 e. The first-order chi connectivity index (χ1) is 15.3. The SMILES string of the molecule is COc1ccc(N(CC(=O)N(Cc2ccccc2)C(C)C(=O)NC(C)(C)C)S(C)(=O)=O)cc1. The molecule has 1 atom stereocenters. The van der Waals surface area contributed by atoms with Crippen molar-refractivity contribution < 1.29 is 22.7 Å². The van der Waals surface area contributed by atoms with Gasteiger partial charge in [0.05, 0.1) is 19.1 Å². The number of sulfonamides is 1. The average molecular weight is 476 g/mol. The van der Waals surface area contributed by atoms with Crippen LogP contribution in [0.25, 0.3) is 0 Å². The monoisotopic (exact) mass is 475 g/mol. The number of carbonyl (C=O) groups excluding carboxylic acids is 2. The second kappa shape index (κ2) is 10.7. The van der Waals surface area contributed by atoms with Gasteiger partial charge in [-0.1, -0.05) is 30.3 Å². The number of hydrogen-bond acceptors (Lipinski definition) is 5. The predicted molar refractivity (Wildman–Crippen MR) is 130 cm³/mol.